The van der Waals surface area contributed by atoms with Crippen molar-refractivity contribution in [3.8, 4) is 5.75 Å². The number of aryl methyl sites for hydroxylation is 2. The third-order valence-corrected chi connectivity index (χ3v) is 7.43. The zero-order valence-corrected chi connectivity index (χ0v) is 18.7. The molecule has 1 heterocycles. The Morgan fingerprint density at radius 2 is 1.80 bits per heavy atom. The first-order chi connectivity index (χ1) is 14.3. The second-order valence-electron chi connectivity index (χ2n) is 7.78. The fourth-order valence-electron chi connectivity index (χ4n) is 3.69. The van der Waals surface area contributed by atoms with Gasteiger partial charge in [0, 0.05) is 19.5 Å². The largest absolute Gasteiger partial charge is 0.496 e. The molecular weight excluding hydrogens is 400 g/mol. The van der Waals surface area contributed by atoms with E-state index in [1.165, 1.54) is 9.87 Å². The second-order valence-corrected chi connectivity index (χ2v) is 9.72. The molecule has 162 valence electrons. The van der Waals surface area contributed by atoms with Crippen LogP contribution in [0.4, 0.5) is 0 Å². The first-order valence-corrected chi connectivity index (χ1v) is 11.8. The predicted molar refractivity (Wildman–Crippen MR) is 117 cm³/mol. The van der Waals surface area contributed by atoms with Gasteiger partial charge < -0.3 is 10.1 Å². The summed E-state index contributed by atoms with van der Waals surface area (Å²) < 4.78 is 32.6. The maximum Gasteiger partial charge on any atom is 0.243 e. The van der Waals surface area contributed by atoms with E-state index in [2.05, 4.69) is 5.32 Å². The Kier molecular flexibility index (Phi) is 7.15. The van der Waals surface area contributed by atoms with E-state index in [1.54, 1.807) is 25.3 Å². The van der Waals surface area contributed by atoms with Crippen molar-refractivity contribution in [2.75, 3.05) is 20.2 Å². The van der Waals surface area contributed by atoms with Gasteiger partial charge in [0.05, 0.1) is 18.0 Å². The molecule has 1 aliphatic heterocycles. The molecule has 1 atom stereocenters. The average Bonchev–Trinajstić information content (AvgIpc) is 3.28. The van der Waals surface area contributed by atoms with Crippen LogP contribution in [0.5, 0.6) is 5.75 Å². The molecule has 1 fully saturated rings. The number of carbonyl (C=O) groups excluding carboxylic acids is 1. The molecule has 1 N–H and O–H groups in total. The molecule has 2 aromatic carbocycles. The number of sulfonamides is 1. The molecule has 3 rings (SSSR count). The van der Waals surface area contributed by atoms with E-state index in [0.29, 0.717) is 25.3 Å². The minimum Gasteiger partial charge on any atom is -0.496 e. The summed E-state index contributed by atoms with van der Waals surface area (Å²) >= 11 is 0. The maximum absolute atomic E-state index is 12.9. The van der Waals surface area contributed by atoms with E-state index >= 15 is 0 Å². The lowest BCUT2D eigenvalue weighted by molar-refractivity contribution is -0.121. The maximum atomic E-state index is 12.9. The molecule has 0 unspecified atom stereocenters. The SMILES string of the molecule is COc1ccc(S(=O)(=O)N2CCCC2)cc1CCC(=O)N[C@@H](C)c1ccc(C)cc1. The quantitative estimate of drug-likeness (QED) is 0.694. The van der Waals surface area contributed by atoms with Gasteiger partial charge in [0.1, 0.15) is 5.75 Å². The summed E-state index contributed by atoms with van der Waals surface area (Å²) in [5.74, 6) is 0.507. The van der Waals surface area contributed by atoms with Gasteiger partial charge in [-0.05, 0) is 62.4 Å². The summed E-state index contributed by atoms with van der Waals surface area (Å²) in [5, 5.41) is 3.01. The van der Waals surface area contributed by atoms with Crippen LogP contribution >= 0.6 is 0 Å². The summed E-state index contributed by atoms with van der Waals surface area (Å²) in [6.07, 6.45) is 2.43. The van der Waals surface area contributed by atoms with Gasteiger partial charge >= 0.3 is 0 Å². The highest BCUT2D eigenvalue weighted by Gasteiger charge is 2.27. The van der Waals surface area contributed by atoms with Crippen LogP contribution in [0.15, 0.2) is 47.4 Å². The second kappa shape index (κ2) is 9.62. The zero-order chi connectivity index (χ0) is 21.7. The van der Waals surface area contributed by atoms with E-state index in [-0.39, 0.29) is 23.3 Å². The minimum absolute atomic E-state index is 0.0852. The summed E-state index contributed by atoms with van der Waals surface area (Å²) in [4.78, 5) is 12.7. The highest BCUT2D eigenvalue weighted by molar-refractivity contribution is 7.89. The summed E-state index contributed by atoms with van der Waals surface area (Å²) in [6, 6.07) is 12.9. The molecule has 0 spiro atoms. The lowest BCUT2D eigenvalue weighted by Crippen LogP contribution is -2.28. The smallest absolute Gasteiger partial charge is 0.243 e. The van der Waals surface area contributed by atoms with E-state index in [9.17, 15) is 13.2 Å². The fourth-order valence-corrected chi connectivity index (χ4v) is 5.26. The van der Waals surface area contributed by atoms with Crippen LogP contribution in [-0.4, -0.2) is 38.8 Å². The van der Waals surface area contributed by atoms with Crippen molar-refractivity contribution in [1.29, 1.82) is 0 Å². The number of hydrogen-bond acceptors (Lipinski definition) is 4. The van der Waals surface area contributed by atoms with Gasteiger partial charge in [0.25, 0.3) is 0 Å². The Morgan fingerprint density at radius 1 is 1.13 bits per heavy atom. The van der Waals surface area contributed by atoms with E-state index in [0.717, 1.165) is 24.0 Å². The van der Waals surface area contributed by atoms with Crippen molar-refractivity contribution in [2.24, 2.45) is 0 Å². The lowest BCUT2D eigenvalue weighted by atomic mass is 10.1. The molecule has 6 nitrogen and oxygen atoms in total. The van der Waals surface area contributed by atoms with Crippen LogP contribution in [-0.2, 0) is 21.2 Å². The molecule has 7 heteroatoms. The van der Waals surface area contributed by atoms with Crippen molar-refractivity contribution in [3.63, 3.8) is 0 Å². The number of nitrogens with one attached hydrogen (secondary N) is 1. The van der Waals surface area contributed by atoms with Gasteiger partial charge in [-0.2, -0.15) is 4.31 Å². The molecule has 0 aliphatic carbocycles. The molecule has 0 bridgehead atoms. The third kappa shape index (κ3) is 5.21. The lowest BCUT2D eigenvalue weighted by Gasteiger charge is -2.18. The number of methoxy groups -OCH3 is 1. The van der Waals surface area contributed by atoms with Crippen LogP contribution < -0.4 is 10.1 Å². The Morgan fingerprint density at radius 3 is 2.43 bits per heavy atom. The van der Waals surface area contributed by atoms with Crippen molar-refractivity contribution >= 4 is 15.9 Å². The average molecular weight is 431 g/mol. The molecular formula is C23H30N2O4S. The molecule has 1 amide bonds. The molecule has 1 saturated heterocycles. The topological polar surface area (TPSA) is 75.7 Å². The standard InChI is InChI=1S/C23H30N2O4S/c1-17-6-8-19(9-7-17)18(2)24-23(26)13-10-20-16-21(11-12-22(20)29-3)30(27,28)25-14-4-5-15-25/h6-9,11-12,16,18H,4-5,10,13-15H2,1-3H3,(H,24,26)/t18-/m0/s1. The van der Waals surface area contributed by atoms with Crippen molar-refractivity contribution in [1.82, 2.24) is 9.62 Å². The van der Waals surface area contributed by atoms with Crippen LogP contribution in [0.1, 0.15) is 48.9 Å². The zero-order valence-electron chi connectivity index (χ0n) is 17.8. The predicted octanol–water partition coefficient (Wildman–Crippen LogP) is 3.60. The Balaban J connectivity index is 1.67. The molecule has 1 aliphatic rings. The highest BCUT2D eigenvalue weighted by Crippen LogP contribution is 2.27. The van der Waals surface area contributed by atoms with E-state index < -0.39 is 10.0 Å². The Labute approximate surface area is 179 Å². The Hall–Kier alpha value is -2.38. The molecule has 0 aromatic heterocycles. The molecule has 2 aromatic rings. The van der Waals surface area contributed by atoms with Gasteiger partial charge in [0.15, 0.2) is 0 Å². The number of hydrogen-bond donors (Lipinski definition) is 1. The number of rotatable bonds is 8. The number of amides is 1. The first-order valence-electron chi connectivity index (χ1n) is 10.3. The van der Waals surface area contributed by atoms with Gasteiger partial charge in [-0.15, -0.1) is 0 Å². The van der Waals surface area contributed by atoms with Gasteiger partial charge in [-0.3, -0.25) is 4.79 Å². The molecule has 0 radical (unpaired) electrons. The van der Waals surface area contributed by atoms with Crippen molar-refractivity contribution in [2.45, 2.75) is 50.5 Å². The molecule has 0 saturated carbocycles. The van der Waals surface area contributed by atoms with Crippen molar-refractivity contribution in [3.05, 3.63) is 59.2 Å². The number of ether oxygens (including phenoxy) is 1. The summed E-state index contributed by atoms with van der Waals surface area (Å²) in [5.41, 5.74) is 2.94. The third-order valence-electron chi connectivity index (χ3n) is 5.53. The number of nitrogens with zero attached hydrogens (tertiary/aromatic N) is 1. The summed E-state index contributed by atoms with van der Waals surface area (Å²) in [6.45, 7) is 5.09. The number of carbonyl (C=O) groups is 1. The molecule has 30 heavy (non-hydrogen) atoms. The Bertz CT molecular complexity index is 981. The normalized spacial score (nSPS) is 15.7. The summed E-state index contributed by atoms with van der Waals surface area (Å²) in [7, 11) is -1.96. The number of benzene rings is 2. The van der Waals surface area contributed by atoms with Crippen LogP contribution in [0, 0.1) is 6.92 Å². The van der Waals surface area contributed by atoms with E-state index in [4.69, 9.17) is 4.74 Å². The minimum atomic E-state index is -3.51. The van der Waals surface area contributed by atoms with E-state index in [1.807, 2.05) is 38.1 Å². The van der Waals surface area contributed by atoms with Crippen LogP contribution in [0.2, 0.25) is 0 Å². The fraction of sp³-hybridized carbons (Fsp3) is 0.435. The van der Waals surface area contributed by atoms with Crippen LogP contribution in [0.25, 0.3) is 0 Å². The highest BCUT2D eigenvalue weighted by atomic mass is 32.2. The van der Waals surface area contributed by atoms with Crippen LogP contribution in [0.3, 0.4) is 0 Å². The first kappa shape index (κ1) is 22.3. The van der Waals surface area contributed by atoms with Gasteiger partial charge in [0.2, 0.25) is 15.9 Å². The van der Waals surface area contributed by atoms with Crippen molar-refractivity contribution < 1.29 is 17.9 Å². The van der Waals surface area contributed by atoms with Gasteiger partial charge in [-0.1, -0.05) is 29.8 Å². The van der Waals surface area contributed by atoms with Gasteiger partial charge in [-0.25, -0.2) is 8.42 Å². The monoisotopic (exact) mass is 430 g/mol.